The van der Waals surface area contributed by atoms with Crippen molar-refractivity contribution >= 4 is 23.0 Å². The fourth-order valence-corrected chi connectivity index (χ4v) is 2.90. The molecule has 1 atom stereocenters. The molecule has 1 saturated heterocycles. The largest absolute Gasteiger partial charge is 0.423 e. The maximum Gasteiger partial charge on any atom is 0.298 e. The lowest BCUT2D eigenvalue weighted by Gasteiger charge is -2.30. The highest BCUT2D eigenvalue weighted by molar-refractivity contribution is 5.79. The monoisotopic (exact) mass is 316 g/mol. The van der Waals surface area contributed by atoms with Gasteiger partial charge in [-0.25, -0.2) is 0 Å². The third-order valence-corrected chi connectivity index (χ3v) is 4.32. The number of carbonyl (C=O) groups excluding carboxylic acids is 1. The lowest BCUT2D eigenvalue weighted by atomic mass is 9.96. The number of nitrogens with one attached hydrogen (secondary N) is 1. The van der Waals surface area contributed by atoms with Crippen LogP contribution in [-0.4, -0.2) is 36.6 Å². The molecule has 6 heteroatoms. The highest BCUT2D eigenvalue weighted by Gasteiger charge is 2.26. The molecule has 0 radical (unpaired) electrons. The van der Waals surface area contributed by atoms with E-state index in [1.54, 1.807) is 0 Å². The number of oxazole rings is 1. The summed E-state index contributed by atoms with van der Waals surface area (Å²) in [5.74, 6) is 0.214. The summed E-state index contributed by atoms with van der Waals surface area (Å²) < 4.78 is 5.79. The van der Waals surface area contributed by atoms with Crippen molar-refractivity contribution in [2.45, 2.75) is 32.2 Å². The number of piperidine rings is 1. The van der Waals surface area contributed by atoms with E-state index >= 15 is 0 Å². The number of amides is 1. The van der Waals surface area contributed by atoms with Gasteiger partial charge in [0.1, 0.15) is 5.52 Å². The predicted molar refractivity (Wildman–Crippen MR) is 90.2 cm³/mol. The molecule has 2 aromatic rings. The number of anilines is 1. The van der Waals surface area contributed by atoms with Gasteiger partial charge in [-0.3, -0.25) is 4.79 Å². The highest BCUT2D eigenvalue weighted by Crippen LogP contribution is 2.26. The van der Waals surface area contributed by atoms with E-state index < -0.39 is 0 Å². The molecule has 124 valence electrons. The Balaban J connectivity index is 1.52. The second kappa shape index (κ2) is 7.00. The van der Waals surface area contributed by atoms with Gasteiger partial charge in [-0.1, -0.05) is 12.1 Å². The lowest BCUT2D eigenvalue weighted by Crippen LogP contribution is -2.41. The number of hydrogen-bond acceptors (Lipinski definition) is 5. The number of benzene rings is 1. The van der Waals surface area contributed by atoms with E-state index in [0.29, 0.717) is 12.6 Å². The molecular formula is C17H24N4O2. The van der Waals surface area contributed by atoms with E-state index in [9.17, 15) is 4.79 Å². The van der Waals surface area contributed by atoms with Crippen LogP contribution in [0.3, 0.4) is 0 Å². The van der Waals surface area contributed by atoms with Crippen molar-refractivity contribution in [3.05, 3.63) is 24.3 Å². The van der Waals surface area contributed by atoms with Crippen molar-refractivity contribution in [1.29, 1.82) is 0 Å². The first-order valence-electron chi connectivity index (χ1n) is 8.27. The molecule has 3 N–H and O–H groups in total. The first-order chi connectivity index (χ1) is 11.1. The van der Waals surface area contributed by atoms with Gasteiger partial charge < -0.3 is 20.4 Å². The molecule has 1 aliphatic heterocycles. The van der Waals surface area contributed by atoms with Crippen molar-refractivity contribution in [1.82, 2.24) is 10.3 Å². The summed E-state index contributed by atoms with van der Waals surface area (Å²) in [6.07, 6.45) is 2.46. The Morgan fingerprint density at radius 3 is 2.87 bits per heavy atom. The Bertz CT molecular complexity index is 626. The van der Waals surface area contributed by atoms with Gasteiger partial charge in [0.15, 0.2) is 5.58 Å². The maximum atomic E-state index is 12.2. The van der Waals surface area contributed by atoms with Crippen LogP contribution in [0.2, 0.25) is 0 Å². The van der Waals surface area contributed by atoms with E-state index in [-0.39, 0.29) is 17.9 Å². The minimum Gasteiger partial charge on any atom is -0.423 e. The van der Waals surface area contributed by atoms with Gasteiger partial charge in [0, 0.05) is 31.6 Å². The molecule has 1 aromatic heterocycles. The summed E-state index contributed by atoms with van der Waals surface area (Å²) in [5, 5.41) is 2.98. The second-order valence-electron chi connectivity index (χ2n) is 6.28. The third-order valence-electron chi connectivity index (χ3n) is 4.32. The van der Waals surface area contributed by atoms with Gasteiger partial charge in [0.05, 0.1) is 0 Å². The fourth-order valence-electron chi connectivity index (χ4n) is 2.90. The first kappa shape index (κ1) is 15.8. The number of nitrogens with two attached hydrogens (primary N) is 1. The molecule has 0 saturated carbocycles. The summed E-state index contributed by atoms with van der Waals surface area (Å²) in [4.78, 5) is 18.8. The Kier molecular flexibility index (Phi) is 4.81. The standard InChI is InChI=1S/C17H24N4O2/c1-12(18)6-9-19-16(22)13-7-10-21(11-8-13)17-20-14-4-2-3-5-15(14)23-17/h2-5,12-13H,6-11,18H2,1H3,(H,19,22). The van der Waals surface area contributed by atoms with E-state index in [2.05, 4.69) is 15.2 Å². The van der Waals surface area contributed by atoms with Gasteiger partial charge in [0.25, 0.3) is 6.01 Å². The van der Waals surface area contributed by atoms with Crippen molar-refractivity contribution in [3.8, 4) is 0 Å². The average molecular weight is 316 g/mol. The van der Waals surface area contributed by atoms with Crippen LogP contribution in [-0.2, 0) is 4.79 Å². The summed E-state index contributed by atoms with van der Waals surface area (Å²) in [6.45, 7) is 4.18. The summed E-state index contributed by atoms with van der Waals surface area (Å²) in [6, 6.07) is 8.54. The molecule has 0 aliphatic carbocycles. The number of para-hydroxylation sites is 2. The zero-order valence-corrected chi connectivity index (χ0v) is 13.5. The summed E-state index contributed by atoms with van der Waals surface area (Å²) in [7, 11) is 0. The number of nitrogens with zero attached hydrogens (tertiary/aromatic N) is 2. The second-order valence-corrected chi connectivity index (χ2v) is 6.28. The normalized spacial score (nSPS) is 17.4. The van der Waals surface area contributed by atoms with Crippen LogP contribution in [0.15, 0.2) is 28.7 Å². The van der Waals surface area contributed by atoms with E-state index in [0.717, 1.165) is 43.5 Å². The average Bonchev–Trinajstić information content (AvgIpc) is 2.98. The SMILES string of the molecule is CC(N)CCNC(=O)C1CCN(c2nc3ccccc3o2)CC1. The summed E-state index contributed by atoms with van der Waals surface area (Å²) >= 11 is 0. The molecule has 1 aromatic carbocycles. The number of hydrogen-bond donors (Lipinski definition) is 2. The first-order valence-corrected chi connectivity index (χ1v) is 8.27. The molecule has 6 nitrogen and oxygen atoms in total. The Hall–Kier alpha value is -2.08. The van der Waals surface area contributed by atoms with Crippen molar-refractivity contribution in [2.75, 3.05) is 24.5 Å². The zero-order valence-electron chi connectivity index (χ0n) is 13.5. The van der Waals surface area contributed by atoms with Crippen LogP contribution in [0.5, 0.6) is 0 Å². The van der Waals surface area contributed by atoms with Gasteiger partial charge in [-0.2, -0.15) is 4.98 Å². The predicted octanol–water partition coefficient (Wildman–Crippen LogP) is 1.90. The molecule has 0 bridgehead atoms. The quantitative estimate of drug-likeness (QED) is 0.880. The van der Waals surface area contributed by atoms with Gasteiger partial charge in [0.2, 0.25) is 5.91 Å². The van der Waals surface area contributed by atoms with E-state index in [4.69, 9.17) is 10.2 Å². The Morgan fingerprint density at radius 2 is 2.17 bits per heavy atom. The Morgan fingerprint density at radius 1 is 1.43 bits per heavy atom. The summed E-state index contributed by atoms with van der Waals surface area (Å²) in [5.41, 5.74) is 7.37. The molecule has 23 heavy (non-hydrogen) atoms. The topological polar surface area (TPSA) is 84.4 Å². The smallest absolute Gasteiger partial charge is 0.298 e. The zero-order chi connectivity index (χ0) is 16.2. The van der Waals surface area contributed by atoms with Gasteiger partial charge in [-0.15, -0.1) is 0 Å². The van der Waals surface area contributed by atoms with E-state index in [1.165, 1.54) is 0 Å². The maximum absolute atomic E-state index is 12.2. The van der Waals surface area contributed by atoms with Crippen LogP contribution < -0.4 is 16.0 Å². The van der Waals surface area contributed by atoms with Crippen LogP contribution in [0.1, 0.15) is 26.2 Å². The van der Waals surface area contributed by atoms with Crippen LogP contribution in [0.25, 0.3) is 11.1 Å². The Labute approximate surface area is 136 Å². The minimum absolute atomic E-state index is 0.0729. The van der Waals surface area contributed by atoms with Gasteiger partial charge >= 0.3 is 0 Å². The van der Waals surface area contributed by atoms with Crippen LogP contribution in [0, 0.1) is 5.92 Å². The number of fused-ring (bicyclic) bond motifs is 1. The lowest BCUT2D eigenvalue weighted by molar-refractivity contribution is -0.125. The molecule has 0 spiro atoms. The van der Waals surface area contributed by atoms with Crippen molar-refractivity contribution in [3.63, 3.8) is 0 Å². The molecular weight excluding hydrogens is 292 g/mol. The van der Waals surface area contributed by atoms with Crippen molar-refractivity contribution < 1.29 is 9.21 Å². The van der Waals surface area contributed by atoms with Crippen molar-refractivity contribution in [2.24, 2.45) is 11.7 Å². The highest BCUT2D eigenvalue weighted by atomic mass is 16.4. The molecule has 1 unspecified atom stereocenters. The van der Waals surface area contributed by atoms with Gasteiger partial charge in [-0.05, 0) is 38.3 Å². The van der Waals surface area contributed by atoms with Crippen LogP contribution >= 0.6 is 0 Å². The molecule has 1 aliphatic rings. The number of rotatable bonds is 5. The van der Waals surface area contributed by atoms with E-state index in [1.807, 2.05) is 31.2 Å². The molecule has 1 amide bonds. The minimum atomic E-state index is 0.0729. The fraction of sp³-hybridized carbons (Fsp3) is 0.529. The van der Waals surface area contributed by atoms with Crippen LogP contribution in [0.4, 0.5) is 6.01 Å². The molecule has 2 heterocycles. The molecule has 1 fully saturated rings. The number of aromatic nitrogens is 1. The number of carbonyl (C=O) groups is 1. The third kappa shape index (κ3) is 3.82. The molecule has 3 rings (SSSR count).